The average Bonchev–Trinajstić information content (AvgIpc) is 3.17. The molecule has 0 heterocycles. The standard InChI is InChI=1S/C48H30S2/c1-3-7-39(8-4-1)49-41-21-15-33-27-37(13-11-35(33)29-41)43-23-17-31-20-26-46-44(24-18-32-19-25-45(43)47(31)48(32)46)38-14-12-36-30-42(22-16-34(36)28-38)50-40-9-5-2-6-10-40/h1-30H. The van der Waals surface area contributed by atoms with Gasteiger partial charge < -0.3 is 0 Å². The fraction of sp³-hybridized carbons (Fsp3) is 0. The van der Waals surface area contributed by atoms with E-state index in [1.165, 1.54) is 95.7 Å². The van der Waals surface area contributed by atoms with E-state index in [1.807, 2.05) is 23.5 Å². The first kappa shape index (κ1) is 29.4. The van der Waals surface area contributed by atoms with Gasteiger partial charge in [0.05, 0.1) is 0 Å². The van der Waals surface area contributed by atoms with Crippen molar-refractivity contribution in [3.63, 3.8) is 0 Å². The molecule has 0 unspecified atom stereocenters. The third kappa shape index (κ3) is 5.20. The third-order valence-electron chi connectivity index (χ3n) is 9.87. The summed E-state index contributed by atoms with van der Waals surface area (Å²) < 4.78 is 0. The van der Waals surface area contributed by atoms with Crippen molar-refractivity contribution in [3.8, 4) is 22.3 Å². The van der Waals surface area contributed by atoms with Crippen LogP contribution >= 0.6 is 23.5 Å². The van der Waals surface area contributed by atoms with E-state index in [9.17, 15) is 0 Å². The molecule has 0 spiro atoms. The van der Waals surface area contributed by atoms with Crippen molar-refractivity contribution in [1.82, 2.24) is 0 Å². The first-order chi connectivity index (χ1) is 24.7. The number of hydrogen-bond donors (Lipinski definition) is 0. The normalized spacial score (nSPS) is 11.8. The predicted octanol–water partition coefficient (Wildman–Crippen LogP) is 14.5. The van der Waals surface area contributed by atoms with Crippen LogP contribution in [0.3, 0.4) is 0 Å². The van der Waals surface area contributed by atoms with Crippen molar-refractivity contribution in [2.45, 2.75) is 19.6 Å². The van der Waals surface area contributed by atoms with Crippen molar-refractivity contribution in [1.29, 1.82) is 0 Å². The fourth-order valence-corrected chi connectivity index (χ4v) is 9.24. The van der Waals surface area contributed by atoms with Gasteiger partial charge in [0.2, 0.25) is 0 Å². The molecule has 0 atom stereocenters. The van der Waals surface area contributed by atoms with Crippen molar-refractivity contribution in [2.75, 3.05) is 0 Å². The minimum atomic E-state index is 1.25. The van der Waals surface area contributed by atoms with E-state index in [-0.39, 0.29) is 0 Å². The molecule has 0 bridgehead atoms. The summed E-state index contributed by atoms with van der Waals surface area (Å²) in [5.41, 5.74) is 5.05. The van der Waals surface area contributed by atoms with Gasteiger partial charge in [0.25, 0.3) is 0 Å². The van der Waals surface area contributed by atoms with E-state index in [2.05, 4.69) is 182 Å². The smallest absolute Gasteiger partial charge is 0.0128 e. The van der Waals surface area contributed by atoms with Gasteiger partial charge in [-0.2, -0.15) is 0 Å². The van der Waals surface area contributed by atoms with Crippen LogP contribution in [0, 0.1) is 0 Å². The van der Waals surface area contributed by atoms with Gasteiger partial charge in [-0.1, -0.05) is 145 Å². The molecule has 0 nitrogen and oxygen atoms in total. The van der Waals surface area contributed by atoms with Crippen LogP contribution < -0.4 is 0 Å². The molecule has 50 heavy (non-hydrogen) atoms. The molecule has 0 saturated heterocycles. The van der Waals surface area contributed by atoms with Gasteiger partial charge in [0.1, 0.15) is 0 Å². The lowest BCUT2D eigenvalue weighted by Crippen LogP contribution is -1.90. The molecular formula is C48H30S2. The largest absolute Gasteiger partial charge is 0.0901 e. The van der Waals surface area contributed by atoms with Crippen LogP contribution in [-0.2, 0) is 0 Å². The second kappa shape index (κ2) is 12.1. The van der Waals surface area contributed by atoms with Crippen molar-refractivity contribution >= 4 is 77.4 Å². The molecule has 10 aromatic rings. The fourth-order valence-electron chi connectivity index (χ4n) is 7.46. The summed E-state index contributed by atoms with van der Waals surface area (Å²) in [5.74, 6) is 0. The second-order valence-electron chi connectivity index (χ2n) is 12.9. The molecule has 0 radical (unpaired) electrons. The van der Waals surface area contributed by atoms with Crippen LogP contribution in [0.15, 0.2) is 202 Å². The van der Waals surface area contributed by atoms with Crippen LogP contribution in [0.25, 0.3) is 76.1 Å². The average molecular weight is 671 g/mol. The Morgan fingerprint density at radius 2 is 0.640 bits per heavy atom. The number of hydrogen-bond acceptors (Lipinski definition) is 2. The molecule has 2 heteroatoms. The van der Waals surface area contributed by atoms with Gasteiger partial charge in [-0.05, 0) is 137 Å². The maximum Gasteiger partial charge on any atom is 0.0128 e. The molecule has 10 rings (SSSR count). The lowest BCUT2D eigenvalue weighted by atomic mass is 9.87. The Morgan fingerprint density at radius 1 is 0.260 bits per heavy atom. The summed E-state index contributed by atoms with van der Waals surface area (Å²) in [6.07, 6.45) is 0. The first-order valence-electron chi connectivity index (χ1n) is 17.0. The molecule has 0 aromatic heterocycles. The first-order valence-corrected chi connectivity index (χ1v) is 18.6. The van der Waals surface area contributed by atoms with E-state index in [4.69, 9.17) is 0 Å². The monoisotopic (exact) mass is 670 g/mol. The van der Waals surface area contributed by atoms with E-state index >= 15 is 0 Å². The molecule has 0 fully saturated rings. The number of fused-ring (bicyclic) bond motifs is 2. The Labute approximate surface area is 299 Å². The SMILES string of the molecule is c1ccc(Sc2ccc3cc(-c4ccc5ccc6c(-c7ccc8cc(Sc9ccccc9)ccc8c7)ccc7ccc4c5c76)ccc3c2)cc1. The number of rotatable bonds is 6. The molecular weight excluding hydrogens is 641 g/mol. The quantitative estimate of drug-likeness (QED) is 0.162. The summed E-state index contributed by atoms with van der Waals surface area (Å²) in [7, 11) is 0. The minimum absolute atomic E-state index is 1.25. The molecule has 0 aliphatic heterocycles. The van der Waals surface area contributed by atoms with Crippen LogP contribution in [0.4, 0.5) is 0 Å². The molecule has 0 amide bonds. The Bertz CT molecular complexity index is 2660. The van der Waals surface area contributed by atoms with E-state index < -0.39 is 0 Å². The van der Waals surface area contributed by atoms with E-state index in [0.717, 1.165) is 0 Å². The van der Waals surface area contributed by atoms with Gasteiger partial charge in [-0.3, -0.25) is 0 Å². The van der Waals surface area contributed by atoms with Crippen LogP contribution in [0.2, 0.25) is 0 Å². The zero-order valence-corrected chi connectivity index (χ0v) is 28.8. The lowest BCUT2D eigenvalue weighted by Gasteiger charge is -2.17. The van der Waals surface area contributed by atoms with Gasteiger partial charge >= 0.3 is 0 Å². The van der Waals surface area contributed by atoms with Crippen LogP contribution in [0.1, 0.15) is 0 Å². The van der Waals surface area contributed by atoms with Gasteiger partial charge in [-0.15, -0.1) is 0 Å². The van der Waals surface area contributed by atoms with Crippen LogP contribution in [0.5, 0.6) is 0 Å². The maximum absolute atomic E-state index is 2.35. The highest BCUT2D eigenvalue weighted by molar-refractivity contribution is 7.99. The highest BCUT2D eigenvalue weighted by atomic mass is 32.2. The van der Waals surface area contributed by atoms with Gasteiger partial charge in [0.15, 0.2) is 0 Å². The van der Waals surface area contributed by atoms with Gasteiger partial charge in [-0.25, -0.2) is 0 Å². The molecule has 0 aliphatic rings. The van der Waals surface area contributed by atoms with Crippen molar-refractivity contribution in [3.05, 3.63) is 182 Å². The second-order valence-corrected chi connectivity index (χ2v) is 15.2. The summed E-state index contributed by atoms with van der Waals surface area (Å²) in [5, 5.41) is 12.9. The number of benzene rings is 10. The Balaban J connectivity index is 1.04. The molecule has 0 N–H and O–H groups in total. The predicted molar refractivity (Wildman–Crippen MR) is 217 cm³/mol. The lowest BCUT2D eigenvalue weighted by molar-refractivity contribution is 1.42. The summed E-state index contributed by atoms with van der Waals surface area (Å²) in [4.78, 5) is 5.03. The van der Waals surface area contributed by atoms with Crippen molar-refractivity contribution in [2.24, 2.45) is 0 Å². The van der Waals surface area contributed by atoms with E-state index in [1.54, 1.807) is 0 Å². The van der Waals surface area contributed by atoms with Gasteiger partial charge in [0, 0.05) is 19.6 Å². The molecule has 0 saturated carbocycles. The van der Waals surface area contributed by atoms with Crippen LogP contribution in [-0.4, -0.2) is 0 Å². The minimum Gasteiger partial charge on any atom is -0.0901 e. The summed E-state index contributed by atoms with van der Waals surface area (Å²) in [6.45, 7) is 0. The van der Waals surface area contributed by atoms with Crippen molar-refractivity contribution < 1.29 is 0 Å². The molecule has 234 valence electrons. The highest BCUT2D eigenvalue weighted by Crippen LogP contribution is 2.43. The molecule has 0 aliphatic carbocycles. The highest BCUT2D eigenvalue weighted by Gasteiger charge is 2.15. The van der Waals surface area contributed by atoms with E-state index in [0.29, 0.717) is 0 Å². The Kier molecular flexibility index (Phi) is 7.11. The summed E-state index contributed by atoms with van der Waals surface area (Å²) >= 11 is 3.62. The summed E-state index contributed by atoms with van der Waals surface area (Å²) in [6, 6.07) is 67.1. The maximum atomic E-state index is 2.35. The zero-order chi connectivity index (χ0) is 33.0. The third-order valence-corrected chi connectivity index (χ3v) is 11.9. The topological polar surface area (TPSA) is 0 Å². The molecule has 10 aromatic carbocycles. The zero-order valence-electron chi connectivity index (χ0n) is 27.1. The Morgan fingerprint density at radius 3 is 1.10 bits per heavy atom. The Hall–Kier alpha value is -5.54.